The van der Waals surface area contributed by atoms with Gasteiger partial charge in [-0.15, -0.1) is 0 Å². The molecule has 0 aliphatic heterocycles. The summed E-state index contributed by atoms with van der Waals surface area (Å²) in [5, 5.41) is 11.2. The Morgan fingerprint density at radius 3 is 2.55 bits per heavy atom. The first kappa shape index (κ1) is 16.2. The molecule has 1 aromatic rings. The number of carboxylic acid groups (broad SMARTS) is 1. The quantitative estimate of drug-likeness (QED) is 0.670. The van der Waals surface area contributed by atoms with Crippen LogP contribution in [0.5, 0.6) is 0 Å². The fourth-order valence-corrected chi connectivity index (χ4v) is 1.69. The van der Waals surface area contributed by atoms with Crippen molar-refractivity contribution in [3.63, 3.8) is 0 Å². The Morgan fingerprint density at radius 2 is 2.00 bits per heavy atom. The highest BCUT2D eigenvalue weighted by atomic mass is 35.5. The molecule has 20 heavy (non-hydrogen) atoms. The number of carbonyl (C=O) groups is 3. The molecule has 1 unspecified atom stereocenters. The topological polar surface area (TPSA) is 122 Å². The molecule has 108 valence electrons. The highest BCUT2D eigenvalue weighted by Gasteiger charge is 2.23. The van der Waals surface area contributed by atoms with Gasteiger partial charge in [0.1, 0.15) is 16.9 Å². The van der Waals surface area contributed by atoms with E-state index in [-0.39, 0.29) is 28.7 Å². The summed E-state index contributed by atoms with van der Waals surface area (Å²) in [5.41, 5.74) is 4.74. The van der Waals surface area contributed by atoms with Crippen LogP contribution in [0.15, 0.2) is 12.1 Å². The number of primary amides is 1. The number of halogens is 2. The van der Waals surface area contributed by atoms with Gasteiger partial charge in [-0.1, -0.05) is 23.2 Å². The molecule has 0 aliphatic carbocycles. The van der Waals surface area contributed by atoms with E-state index >= 15 is 0 Å². The summed E-state index contributed by atoms with van der Waals surface area (Å²) in [6.07, 6.45) is -0.303. The molecule has 0 saturated heterocycles. The van der Waals surface area contributed by atoms with E-state index in [1.807, 2.05) is 0 Å². The van der Waals surface area contributed by atoms with Crippen molar-refractivity contribution in [3.8, 4) is 0 Å². The number of carbonyl (C=O) groups excluding carboxylic acids is 2. The minimum absolute atomic E-state index is 0.0333. The molecular weight excluding hydrogens is 309 g/mol. The van der Waals surface area contributed by atoms with Gasteiger partial charge in [0.25, 0.3) is 5.91 Å². The lowest BCUT2D eigenvalue weighted by atomic mass is 10.1. The molecule has 2 amide bonds. The molecule has 1 heterocycles. The van der Waals surface area contributed by atoms with Gasteiger partial charge < -0.3 is 16.2 Å². The summed E-state index contributed by atoms with van der Waals surface area (Å²) in [7, 11) is 0. The molecule has 1 atom stereocenters. The van der Waals surface area contributed by atoms with E-state index in [1.165, 1.54) is 12.1 Å². The van der Waals surface area contributed by atoms with Gasteiger partial charge in [0.15, 0.2) is 0 Å². The van der Waals surface area contributed by atoms with Crippen LogP contribution in [0.3, 0.4) is 0 Å². The smallest absolute Gasteiger partial charge is 0.326 e. The number of hydrogen-bond donors (Lipinski definition) is 3. The van der Waals surface area contributed by atoms with Crippen LogP contribution in [0.1, 0.15) is 23.3 Å². The zero-order valence-corrected chi connectivity index (χ0v) is 11.6. The van der Waals surface area contributed by atoms with Crippen molar-refractivity contribution in [3.05, 3.63) is 28.0 Å². The number of nitrogens with one attached hydrogen (secondary N) is 1. The third-order valence-corrected chi connectivity index (χ3v) is 2.83. The number of hydrogen-bond acceptors (Lipinski definition) is 4. The fourth-order valence-electron chi connectivity index (χ4n) is 1.35. The molecule has 0 bridgehead atoms. The van der Waals surface area contributed by atoms with Crippen molar-refractivity contribution in [2.45, 2.75) is 18.9 Å². The zero-order valence-electron chi connectivity index (χ0n) is 10.1. The maximum Gasteiger partial charge on any atom is 0.326 e. The zero-order chi connectivity index (χ0) is 15.3. The van der Waals surface area contributed by atoms with E-state index in [0.717, 1.165) is 0 Å². The molecule has 7 nitrogen and oxygen atoms in total. The van der Waals surface area contributed by atoms with Crippen LogP contribution >= 0.6 is 23.2 Å². The molecule has 9 heteroatoms. The second-order valence-corrected chi connectivity index (χ2v) is 4.63. The van der Waals surface area contributed by atoms with Gasteiger partial charge >= 0.3 is 5.97 Å². The second-order valence-electron chi connectivity index (χ2n) is 3.83. The standard InChI is InChI=1S/C11H11Cl2N3O4/c12-5-1-3-7(13)16-9(5)10(18)15-6(11(19)20)2-4-8(14)17/h1,3,6H,2,4H2,(H2,14,17)(H,15,18)(H,19,20). The van der Waals surface area contributed by atoms with Gasteiger partial charge in [-0.3, -0.25) is 9.59 Å². The van der Waals surface area contributed by atoms with Crippen LogP contribution in [0.4, 0.5) is 0 Å². The summed E-state index contributed by atoms with van der Waals surface area (Å²) >= 11 is 11.4. The lowest BCUT2D eigenvalue weighted by Gasteiger charge is -2.13. The van der Waals surface area contributed by atoms with Gasteiger partial charge in [0, 0.05) is 6.42 Å². The van der Waals surface area contributed by atoms with Crippen molar-refractivity contribution >= 4 is 41.0 Å². The average Bonchev–Trinajstić information content (AvgIpc) is 2.36. The van der Waals surface area contributed by atoms with Crippen LogP contribution < -0.4 is 11.1 Å². The molecule has 1 aromatic heterocycles. The van der Waals surface area contributed by atoms with Crippen molar-refractivity contribution in [2.24, 2.45) is 5.73 Å². The number of nitrogens with two attached hydrogens (primary N) is 1. The van der Waals surface area contributed by atoms with Crippen molar-refractivity contribution in [2.75, 3.05) is 0 Å². The number of aromatic nitrogens is 1. The van der Waals surface area contributed by atoms with Crippen molar-refractivity contribution < 1.29 is 19.5 Å². The number of pyridine rings is 1. The first-order valence-corrected chi connectivity index (χ1v) is 6.21. The van der Waals surface area contributed by atoms with Gasteiger partial charge in [0.2, 0.25) is 5.91 Å². The number of carboxylic acids is 1. The van der Waals surface area contributed by atoms with Gasteiger partial charge in [-0.25, -0.2) is 9.78 Å². The van der Waals surface area contributed by atoms with Gasteiger partial charge in [-0.05, 0) is 18.6 Å². The average molecular weight is 320 g/mol. The minimum Gasteiger partial charge on any atom is -0.480 e. The third-order valence-electron chi connectivity index (χ3n) is 2.31. The summed E-state index contributed by atoms with van der Waals surface area (Å²) in [4.78, 5) is 37.2. The minimum atomic E-state index is -1.29. The van der Waals surface area contributed by atoms with Crippen LogP contribution in [-0.4, -0.2) is 33.9 Å². The lowest BCUT2D eigenvalue weighted by Crippen LogP contribution is -2.41. The van der Waals surface area contributed by atoms with Crippen LogP contribution in [0.2, 0.25) is 10.2 Å². The molecule has 0 fully saturated rings. The second kappa shape index (κ2) is 7.06. The number of aliphatic carboxylic acids is 1. The Kier molecular flexibility index (Phi) is 5.72. The van der Waals surface area contributed by atoms with E-state index in [4.69, 9.17) is 34.0 Å². The highest BCUT2D eigenvalue weighted by molar-refractivity contribution is 6.34. The summed E-state index contributed by atoms with van der Waals surface area (Å²) in [6.45, 7) is 0. The van der Waals surface area contributed by atoms with E-state index in [2.05, 4.69) is 10.3 Å². The molecule has 0 radical (unpaired) electrons. The summed E-state index contributed by atoms with van der Waals surface area (Å²) in [5.74, 6) is -2.75. The predicted octanol–water partition coefficient (Wildman–Crippen LogP) is 0.837. The Bertz CT molecular complexity index is 550. The van der Waals surface area contributed by atoms with Crippen LogP contribution in [-0.2, 0) is 9.59 Å². The number of amides is 2. The van der Waals surface area contributed by atoms with E-state index in [9.17, 15) is 14.4 Å². The highest BCUT2D eigenvalue weighted by Crippen LogP contribution is 2.17. The van der Waals surface area contributed by atoms with Crippen molar-refractivity contribution in [1.82, 2.24) is 10.3 Å². The lowest BCUT2D eigenvalue weighted by molar-refractivity contribution is -0.139. The van der Waals surface area contributed by atoms with E-state index in [1.54, 1.807) is 0 Å². The molecule has 4 N–H and O–H groups in total. The normalized spacial score (nSPS) is 11.7. The first-order chi connectivity index (χ1) is 9.31. The van der Waals surface area contributed by atoms with Gasteiger partial charge in [-0.2, -0.15) is 0 Å². The maximum atomic E-state index is 11.9. The van der Waals surface area contributed by atoms with Crippen LogP contribution in [0, 0.1) is 0 Å². The first-order valence-electron chi connectivity index (χ1n) is 5.45. The molecule has 0 spiro atoms. The van der Waals surface area contributed by atoms with Gasteiger partial charge in [0.05, 0.1) is 5.02 Å². The predicted molar refractivity (Wildman–Crippen MR) is 71.6 cm³/mol. The van der Waals surface area contributed by atoms with E-state index < -0.39 is 23.8 Å². The summed E-state index contributed by atoms with van der Waals surface area (Å²) < 4.78 is 0. The van der Waals surface area contributed by atoms with Crippen molar-refractivity contribution in [1.29, 1.82) is 0 Å². The Morgan fingerprint density at radius 1 is 1.35 bits per heavy atom. The number of rotatable bonds is 6. The van der Waals surface area contributed by atoms with Crippen LogP contribution in [0.25, 0.3) is 0 Å². The molecule has 0 saturated carbocycles. The molecule has 0 aliphatic rings. The van der Waals surface area contributed by atoms with E-state index in [0.29, 0.717) is 0 Å². The SMILES string of the molecule is NC(=O)CCC(NC(=O)c1nc(Cl)ccc1Cl)C(=O)O. The molecule has 1 rings (SSSR count). The fraction of sp³-hybridized carbons (Fsp3) is 0.273. The summed E-state index contributed by atoms with van der Waals surface area (Å²) in [6, 6.07) is 1.49. The Balaban J connectivity index is 2.82. The molecular formula is C11H11Cl2N3O4. The Labute approximate surface area is 124 Å². The third kappa shape index (κ3) is 4.67. The monoisotopic (exact) mass is 319 g/mol. The largest absolute Gasteiger partial charge is 0.480 e. The number of nitrogens with zero attached hydrogens (tertiary/aromatic N) is 1. The Hall–Kier alpha value is -1.86. The maximum absolute atomic E-state index is 11.9. The molecule has 0 aromatic carbocycles.